The summed E-state index contributed by atoms with van der Waals surface area (Å²) in [5.41, 5.74) is 0.639. The number of hydrogen-bond acceptors (Lipinski definition) is 5. The first-order valence-corrected chi connectivity index (χ1v) is 9.52. The van der Waals surface area contributed by atoms with Crippen LogP contribution in [0.5, 0.6) is 0 Å². The molecule has 3 rings (SSSR count). The lowest BCUT2D eigenvalue weighted by molar-refractivity contribution is 0.103. The van der Waals surface area contributed by atoms with Gasteiger partial charge in [0.15, 0.2) is 21.4 Å². The number of benzene rings is 1. The van der Waals surface area contributed by atoms with Gasteiger partial charge < -0.3 is 4.52 Å². The zero-order chi connectivity index (χ0) is 17.7. The molecule has 1 aliphatic carbocycles. The Bertz CT molecular complexity index is 905. The average molecular weight is 368 g/mol. The minimum Gasteiger partial charge on any atom is -0.360 e. The quantitative estimate of drug-likeness (QED) is 0.763. The molecule has 1 aromatic heterocycles. The normalized spacial score (nSPS) is 15.5. The highest BCUT2D eigenvalue weighted by Gasteiger charge is 2.34. The van der Waals surface area contributed by atoms with E-state index in [2.05, 4.69) is 5.16 Å². The van der Waals surface area contributed by atoms with Gasteiger partial charge in [-0.3, -0.25) is 4.79 Å². The minimum absolute atomic E-state index is 0.101. The van der Waals surface area contributed by atoms with Gasteiger partial charge >= 0.3 is 0 Å². The van der Waals surface area contributed by atoms with E-state index in [1.165, 1.54) is 24.4 Å². The van der Waals surface area contributed by atoms with Crippen LogP contribution in [0.4, 0.5) is 0 Å². The molecule has 0 aliphatic heterocycles. The van der Waals surface area contributed by atoms with Gasteiger partial charge in [0.2, 0.25) is 0 Å². The predicted octanol–water partition coefficient (Wildman–Crippen LogP) is 4.01. The topological polar surface area (TPSA) is 77.2 Å². The molecule has 5 nitrogen and oxygen atoms in total. The highest BCUT2D eigenvalue weighted by Crippen LogP contribution is 2.42. The number of rotatable bonds is 4. The monoisotopic (exact) mass is 367 g/mol. The lowest BCUT2D eigenvalue weighted by Gasteiger charge is -2.19. The third-order valence-electron chi connectivity index (χ3n) is 4.09. The molecule has 0 N–H and O–H groups in total. The Hall–Kier alpha value is -1.66. The van der Waals surface area contributed by atoms with Gasteiger partial charge in [0.25, 0.3) is 0 Å². The summed E-state index contributed by atoms with van der Waals surface area (Å²) in [4.78, 5) is 12.8. The molecule has 1 fully saturated rings. The van der Waals surface area contributed by atoms with Gasteiger partial charge in [0, 0.05) is 11.5 Å². The second-order valence-electron chi connectivity index (χ2n) is 6.96. The van der Waals surface area contributed by atoms with Gasteiger partial charge in [-0.2, -0.15) is 0 Å². The third kappa shape index (κ3) is 2.89. The molecular weight excluding hydrogens is 350 g/mol. The molecule has 0 unspecified atom stereocenters. The smallest absolute Gasteiger partial charge is 0.199 e. The summed E-state index contributed by atoms with van der Waals surface area (Å²) < 4.78 is 29.2. The van der Waals surface area contributed by atoms with E-state index in [4.69, 9.17) is 16.1 Å². The van der Waals surface area contributed by atoms with E-state index in [0.717, 1.165) is 12.8 Å². The van der Waals surface area contributed by atoms with Crippen molar-refractivity contribution in [2.75, 3.05) is 0 Å². The number of sulfone groups is 1. The lowest BCUT2D eigenvalue weighted by atomic mass is 10.0. The molecule has 0 atom stereocenters. The van der Waals surface area contributed by atoms with Crippen molar-refractivity contribution < 1.29 is 17.7 Å². The molecule has 24 heavy (non-hydrogen) atoms. The first-order chi connectivity index (χ1) is 11.1. The van der Waals surface area contributed by atoms with Crippen molar-refractivity contribution in [1.29, 1.82) is 0 Å². The van der Waals surface area contributed by atoms with E-state index in [-0.39, 0.29) is 27.2 Å². The zero-order valence-electron chi connectivity index (χ0n) is 13.7. The van der Waals surface area contributed by atoms with Crippen molar-refractivity contribution in [3.05, 3.63) is 46.3 Å². The van der Waals surface area contributed by atoms with Gasteiger partial charge in [-0.15, -0.1) is 0 Å². The van der Waals surface area contributed by atoms with Crippen molar-refractivity contribution in [2.24, 2.45) is 0 Å². The number of hydrogen-bond donors (Lipinski definition) is 0. The van der Waals surface area contributed by atoms with Crippen LogP contribution in [0.1, 0.15) is 61.2 Å². The Morgan fingerprint density at radius 3 is 2.46 bits per heavy atom. The van der Waals surface area contributed by atoms with E-state index in [0.29, 0.717) is 11.3 Å². The molecule has 0 amide bonds. The molecule has 128 valence electrons. The molecule has 2 aromatic rings. The SMILES string of the molecule is CC(C)(C)S(=O)(=O)c1ccc(C(=O)c2cnoc2C2CC2)c(Cl)c1. The number of carbonyl (C=O) groups is 1. The zero-order valence-corrected chi connectivity index (χ0v) is 15.2. The van der Waals surface area contributed by atoms with Crippen LogP contribution in [0.15, 0.2) is 33.8 Å². The second-order valence-corrected chi connectivity index (χ2v) is 10.1. The first kappa shape index (κ1) is 17.2. The average Bonchev–Trinajstić information content (AvgIpc) is 3.22. The van der Waals surface area contributed by atoms with Crippen molar-refractivity contribution >= 4 is 27.2 Å². The fourth-order valence-corrected chi connectivity index (χ4v) is 3.96. The fraction of sp³-hybridized carbons (Fsp3) is 0.412. The van der Waals surface area contributed by atoms with Gasteiger partial charge in [0.05, 0.1) is 26.4 Å². The van der Waals surface area contributed by atoms with Crippen molar-refractivity contribution in [2.45, 2.75) is 49.2 Å². The maximum absolute atomic E-state index is 12.7. The number of halogens is 1. The van der Waals surface area contributed by atoms with Crippen LogP contribution in [0.25, 0.3) is 0 Å². The summed E-state index contributed by atoms with van der Waals surface area (Å²) in [6, 6.07) is 4.21. The maximum atomic E-state index is 12.7. The fourth-order valence-electron chi connectivity index (χ4n) is 2.40. The predicted molar refractivity (Wildman–Crippen MR) is 90.3 cm³/mol. The van der Waals surface area contributed by atoms with E-state index < -0.39 is 14.6 Å². The van der Waals surface area contributed by atoms with Crippen LogP contribution >= 0.6 is 11.6 Å². The Balaban J connectivity index is 1.99. The van der Waals surface area contributed by atoms with Crippen LogP contribution in [0.3, 0.4) is 0 Å². The van der Waals surface area contributed by atoms with Crippen molar-refractivity contribution in [1.82, 2.24) is 5.16 Å². The van der Waals surface area contributed by atoms with E-state index >= 15 is 0 Å². The van der Waals surface area contributed by atoms with Crippen LogP contribution < -0.4 is 0 Å². The molecule has 1 aliphatic rings. The van der Waals surface area contributed by atoms with E-state index in [1.807, 2.05) is 0 Å². The number of carbonyl (C=O) groups excluding carboxylic acids is 1. The molecule has 0 bridgehead atoms. The number of aromatic nitrogens is 1. The standard InChI is InChI=1S/C17H18ClNO4S/c1-17(2,3)24(21,22)11-6-7-12(14(18)8-11)15(20)13-9-19-23-16(13)10-4-5-10/h6-10H,4-5H2,1-3H3. The molecule has 7 heteroatoms. The molecule has 1 heterocycles. The van der Waals surface area contributed by atoms with Gasteiger partial charge in [0.1, 0.15) is 0 Å². The Morgan fingerprint density at radius 1 is 1.25 bits per heavy atom. The lowest BCUT2D eigenvalue weighted by Crippen LogP contribution is -2.28. The van der Waals surface area contributed by atoms with Gasteiger partial charge in [-0.1, -0.05) is 16.8 Å². The summed E-state index contributed by atoms with van der Waals surface area (Å²) in [5, 5.41) is 3.82. The minimum atomic E-state index is -3.53. The highest BCUT2D eigenvalue weighted by molar-refractivity contribution is 7.92. The van der Waals surface area contributed by atoms with Crippen LogP contribution in [-0.4, -0.2) is 24.1 Å². The summed E-state index contributed by atoms with van der Waals surface area (Å²) >= 11 is 6.21. The largest absolute Gasteiger partial charge is 0.360 e. The Morgan fingerprint density at radius 2 is 1.92 bits per heavy atom. The van der Waals surface area contributed by atoms with Gasteiger partial charge in [-0.25, -0.2) is 8.42 Å². The third-order valence-corrected chi connectivity index (χ3v) is 6.89. The number of ketones is 1. The van der Waals surface area contributed by atoms with Crippen molar-refractivity contribution in [3.63, 3.8) is 0 Å². The number of nitrogens with zero attached hydrogens (tertiary/aromatic N) is 1. The van der Waals surface area contributed by atoms with Crippen molar-refractivity contribution in [3.8, 4) is 0 Å². The molecule has 0 spiro atoms. The highest BCUT2D eigenvalue weighted by atomic mass is 35.5. The van der Waals surface area contributed by atoms with Crippen LogP contribution in [-0.2, 0) is 9.84 Å². The molecule has 0 radical (unpaired) electrons. The summed E-state index contributed by atoms with van der Waals surface area (Å²) in [7, 11) is -3.53. The van der Waals surface area contributed by atoms with E-state index in [9.17, 15) is 13.2 Å². The Kier molecular flexibility index (Phi) is 4.08. The molecule has 1 saturated carbocycles. The first-order valence-electron chi connectivity index (χ1n) is 7.66. The molecular formula is C17H18ClNO4S. The second kappa shape index (κ2) is 5.70. The van der Waals surface area contributed by atoms with E-state index in [1.54, 1.807) is 20.8 Å². The van der Waals surface area contributed by atoms with Gasteiger partial charge in [-0.05, 0) is 51.8 Å². The van der Waals surface area contributed by atoms with Crippen LogP contribution in [0.2, 0.25) is 5.02 Å². The molecule has 1 aromatic carbocycles. The summed E-state index contributed by atoms with van der Waals surface area (Å²) in [6.45, 7) is 4.86. The summed E-state index contributed by atoms with van der Waals surface area (Å²) in [6.07, 6.45) is 3.35. The molecule has 0 saturated heterocycles. The van der Waals surface area contributed by atoms with Crippen LogP contribution in [0, 0.1) is 0 Å². The summed E-state index contributed by atoms with van der Waals surface area (Å²) in [5.74, 6) is 0.524. The Labute approximate surface area is 145 Å². The maximum Gasteiger partial charge on any atom is 0.199 e.